The van der Waals surface area contributed by atoms with E-state index in [4.69, 9.17) is 0 Å². The molecular formula is C15H13F3N2. The molecular weight excluding hydrogens is 265 g/mol. The summed E-state index contributed by atoms with van der Waals surface area (Å²) < 4.78 is 39.4. The molecule has 1 aromatic carbocycles. The second kappa shape index (κ2) is 5.15. The molecule has 0 saturated heterocycles. The predicted molar refractivity (Wildman–Crippen MR) is 69.9 cm³/mol. The topological polar surface area (TPSA) is 24.9 Å². The molecule has 0 fully saturated rings. The predicted octanol–water partition coefficient (Wildman–Crippen LogP) is 3.99. The van der Waals surface area contributed by atoms with Crippen molar-refractivity contribution in [2.24, 2.45) is 0 Å². The van der Waals surface area contributed by atoms with E-state index >= 15 is 0 Å². The number of halogens is 3. The monoisotopic (exact) mass is 278 g/mol. The second-order valence-corrected chi connectivity index (χ2v) is 4.89. The van der Waals surface area contributed by atoms with Crippen LogP contribution in [0.2, 0.25) is 0 Å². The van der Waals surface area contributed by atoms with Gasteiger partial charge in [-0.1, -0.05) is 6.07 Å². The molecule has 2 nitrogen and oxygen atoms in total. The zero-order valence-electron chi connectivity index (χ0n) is 10.7. The van der Waals surface area contributed by atoms with Crippen molar-refractivity contribution in [1.29, 1.82) is 0 Å². The van der Waals surface area contributed by atoms with E-state index in [0.29, 0.717) is 0 Å². The first-order valence-corrected chi connectivity index (χ1v) is 6.50. The van der Waals surface area contributed by atoms with Crippen molar-refractivity contribution in [3.63, 3.8) is 0 Å². The highest BCUT2D eigenvalue weighted by atomic mass is 19.2. The van der Waals surface area contributed by atoms with E-state index in [9.17, 15) is 13.2 Å². The smallest absolute Gasteiger partial charge is 0.194 e. The first-order chi connectivity index (χ1) is 9.65. The van der Waals surface area contributed by atoms with E-state index in [-0.39, 0.29) is 11.7 Å². The average molecular weight is 278 g/mol. The molecule has 0 bridgehead atoms. The van der Waals surface area contributed by atoms with Gasteiger partial charge in [0.05, 0.1) is 11.7 Å². The van der Waals surface area contributed by atoms with Gasteiger partial charge in [-0.15, -0.1) is 0 Å². The summed E-state index contributed by atoms with van der Waals surface area (Å²) in [4.78, 5) is 4.34. The largest absolute Gasteiger partial charge is 0.376 e. The van der Waals surface area contributed by atoms with Crippen LogP contribution in [0.25, 0.3) is 0 Å². The third kappa shape index (κ3) is 2.35. The van der Waals surface area contributed by atoms with Gasteiger partial charge in [0, 0.05) is 24.0 Å². The number of nitrogens with zero attached hydrogens (tertiary/aromatic N) is 1. The SMILES string of the molecule is Fc1cc(NC2CCCc3cccnc32)cc(F)c1F. The molecule has 5 heteroatoms. The Hall–Kier alpha value is -2.04. The maximum atomic E-state index is 13.2. The molecule has 0 aliphatic heterocycles. The summed E-state index contributed by atoms with van der Waals surface area (Å²) in [6.45, 7) is 0. The molecule has 0 amide bonds. The molecule has 1 unspecified atom stereocenters. The van der Waals surface area contributed by atoms with Crippen LogP contribution in [0.3, 0.4) is 0 Å². The number of nitrogens with one attached hydrogen (secondary N) is 1. The van der Waals surface area contributed by atoms with Gasteiger partial charge in [-0.05, 0) is 30.9 Å². The minimum atomic E-state index is -1.45. The van der Waals surface area contributed by atoms with Crippen molar-refractivity contribution in [1.82, 2.24) is 4.98 Å². The van der Waals surface area contributed by atoms with Gasteiger partial charge >= 0.3 is 0 Å². The maximum absolute atomic E-state index is 13.2. The fraction of sp³-hybridized carbons (Fsp3) is 0.267. The van der Waals surface area contributed by atoms with E-state index in [1.165, 1.54) is 0 Å². The highest BCUT2D eigenvalue weighted by Crippen LogP contribution is 2.31. The summed E-state index contributed by atoms with van der Waals surface area (Å²) in [5, 5.41) is 3.04. The number of aromatic nitrogens is 1. The van der Waals surface area contributed by atoms with Crippen LogP contribution in [0.5, 0.6) is 0 Å². The summed E-state index contributed by atoms with van der Waals surface area (Å²) >= 11 is 0. The van der Waals surface area contributed by atoms with Gasteiger partial charge in [-0.3, -0.25) is 4.98 Å². The number of benzene rings is 1. The molecule has 1 atom stereocenters. The Morgan fingerprint density at radius 3 is 2.65 bits per heavy atom. The standard InChI is InChI=1S/C15H13F3N2/c16-11-7-10(8-12(17)14(11)18)20-13-5-1-3-9-4-2-6-19-15(9)13/h2,4,6-8,13,20H,1,3,5H2. The van der Waals surface area contributed by atoms with Crippen molar-refractivity contribution in [3.8, 4) is 0 Å². The molecule has 20 heavy (non-hydrogen) atoms. The molecule has 1 aliphatic rings. The maximum Gasteiger partial charge on any atom is 0.194 e. The molecule has 3 rings (SSSR count). The molecule has 1 aromatic heterocycles. The van der Waals surface area contributed by atoms with Crippen LogP contribution in [-0.2, 0) is 6.42 Å². The van der Waals surface area contributed by atoms with E-state index in [2.05, 4.69) is 10.3 Å². The number of anilines is 1. The van der Waals surface area contributed by atoms with Gasteiger partial charge in [0.15, 0.2) is 17.5 Å². The van der Waals surface area contributed by atoms with Gasteiger partial charge in [-0.25, -0.2) is 13.2 Å². The highest BCUT2D eigenvalue weighted by Gasteiger charge is 2.22. The number of fused-ring (bicyclic) bond motifs is 1. The van der Waals surface area contributed by atoms with E-state index < -0.39 is 17.5 Å². The fourth-order valence-electron chi connectivity index (χ4n) is 2.59. The minimum absolute atomic E-state index is 0.107. The van der Waals surface area contributed by atoms with Crippen molar-refractivity contribution < 1.29 is 13.2 Å². The molecule has 0 radical (unpaired) electrons. The van der Waals surface area contributed by atoms with E-state index in [0.717, 1.165) is 42.7 Å². The van der Waals surface area contributed by atoms with Crippen LogP contribution < -0.4 is 5.32 Å². The highest BCUT2D eigenvalue weighted by molar-refractivity contribution is 5.47. The van der Waals surface area contributed by atoms with Crippen LogP contribution in [-0.4, -0.2) is 4.98 Å². The zero-order chi connectivity index (χ0) is 14.1. The number of aryl methyl sites for hydroxylation is 1. The lowest BCUT2D eigenvalue weighted by Gasteiger charge is -2.26. The first-order valence-electron chi connectivity index (χ1n) is 6.50. The van der Waals surface area contributed by atoms with Crippen molar-refractivity contribution in [2.75, 3.05) is 5.32 Å². The van der Waals surface area contributed by atoms with Crippen LogP contribution in [0.4, 0.5) is 18.9 Å². The summed E-state index contributed by atoms with van der Waals surface area (Å²) in [6.07, 6.45) is 4.45. The van der Waals surface area contributed by atoms with Crippen LogP contribution in [0.15, 0.2) is 30.5 Å². The van der Waals surface area contributed by atoms with E-state index in [1.54, 1.807) is 6.20 Å². The lowest BCUT2D eigenvalue weighted by Crippen LogP contribution is -2.19. The van der Waals surface area contributed by atoms with Gasteiger partial charge < -0.3 is 5.32 Å². The van der Waals surface area contributed by atoms with E-state index in [1.807, 2.05) is 12.1 Å². The molecule has 2 aromatic rings. The Balaban J connectivity index is 1.89. The second-order valence-electron chi connectivity index (χ2n) is 4.89. The molecule has 1 aliphatic carbocycles. The summed E-state index contributed by atoms with van der Waals surface area (Å²) in [6, 6.07) is 5.70. The molecule has 0 spiro atoms. The van der Waals surface area contributed by atoms with Gasteiger partial charge in [-0.2, -0.15) is 0 Å². The van der Waals surface area contributed by atoms with Crippen molar-refractivity contribution in [2.45, 2.75) is 25.3 Å². The number of hydrogen-bond acceptors (Lipinski definition) is 2. The summed E-state index contributed by atoms with van der Waals surface area (Å²) in [5.41, 5.74) is 2.26. The lowest BCUT2D eigenvalue weighted by atomic mass is 9.92. The third-order valence-corrected chi connectivity index (χ3v) is 3.52. The van der Waals surface area contributed by atoms with Gasteiger partial charge in [0.25, 0.3) is 0 Å². The van der Waals surface area contributed by atoms with Crippen molar-refractivity contribution >= 4 is 5.69 Å². The third-order valence-electron chi connectivity index (χ3n) is 3.52. The lowest BCUT2D eigenvalue weighted by molar-refractivity contribution is 0.447. The number of pyridine rings is 1. The quantitative estimate of drug-likeness (QED) is 0.840. The Kier molecular flexibility index (Phi) is 3.34. The summed E-state index contributed by atoms with van der Waals surface area (Å²) in [7, 11) is 0. The fourth-order valence-corrected chi connectivity index (χ4v) is 2.59. The average Bonchev–Trinajstić information content (AvgIpc) is 2.45. The van der Waals surface area contributed by atoms with Crippen LogP contribution in [0, 0.1) is 17.5 Å². The Morgan fingerprint density at radius 1 is 1.15 bits per heavy atom. The molecule has 1 heterocycles. The number of rotatable bonds is 2. The molecule has 1 N–H and O–H groups in total. The Bertz CT molecular complexity index is 620. The van der Waals surface area contributed by atoms with Gasteiger partial charge in [0.1, 0.15) is 0 Å². The molecule has 104 valence electrons. The minimum Gasteiger partial charge on any atom is -0.376 e. The Morgan fingerprint density at radius 2 is 1.90 bits per heavy atom. The van der Waals surface area contributed by atoms with Crippen molar-refractivity contribution in [3.05, 3.63) is 59.2 Å². The Labute approximate surface area is 114 Å². The van der Waals surface area contributed by atoms with Crippen LogP contribution >= 0.6 is 0 Å². The van der Waals surface area contributed by atoms with Crippen LogP contribution in [0.1, 0.15) is 30.1 Å². The normalized spacial score (nSPS) is 17.6. The molecule has 0 saturated carbocycles. The van der Waals surface area contributed by atoms with Gasteiger partial charge in [0.2, 0.25) is 0 Å². The first kappa shape index (κ1) is 13.0. The zero-order valence-corrected chi connectivity index (χ0v) is 10.7. The summed E-state index contributed by atoms with van der Waals surface area (Å²) in [5.74, 6) is -3.83. The number of hydrogen-bond donors (Lipinski definition) is 1.